The molecule has 1 aliphatic heterocycles. The van der Waals surface area contributed by atoms with E-state index in [1.165, 1.54) is 0 Å². The molecule has 0 bridgehead atoms. The molecule has 2 aromatic carbocycles. The van der Waals surface area contributed by atoms with Crippen LogP contribution in [0.4, 0.5) is 23.0 Å². The Balaban J connectivity index is 1.44. The molecular formula is C27H28N6O2. The molecular weight excluding hydrogens is 440 g/mol. The van der Waals surface area contributed by atoms with Gasteiger partial charge < -0.3 is 15.5 Å². The molecule has 0 unspecified atom stereocenters. The third-order valence-corrected chi connectivity index (χ3v) is 6.11. The largest absolute Gasteiger partial charge is 0.326 e. The van der Waals surface area contributed by atoms with Crippen molar-refractivity contribution in [1.29, 1.82) is 0 Å². The van der Waals surface area contributed by atoms with Crippen LogP contribution in [0.3, 0.4) is 0 Å². The van der Waals surface area contributed by atoms with Crippen molar-refractivity contribution in [2.24, 2.45) is 5.41 Å². The van der Waals surface area contributed by atoms with E-state index < -0.39 is 5.41 Å². The van der Waals surface area contributed by atoms with Gasteiger partial charge in [-0.1, -0.05) is 39.0 Å². The van der Waals surface area contributed by atoms with E-state index >= 15 is 0 Å². The van der Waals surface area contributed by atoms with Crippen LogP contribution in [0, 0.1) is 5.41 Å². The highest BCUT2D eigenvalue weighted by atomic mass is 16.2. The topological polar surface area (TPSA) is 91.6 Å². The number of nitrogens with zero attached hydrogens (tertiary/aromatic N) is 4. The zero-order valence-electron chi connectivity index (χ0n) is 20.3. The van der Waals surface area contributed by atoms with Crippen LogP contribution >= 0.6 is 0 Å². The number of aromatic nitrogens is 3. The molecule has 8 nitrogen and oxygen atoms in total. The molecule has 1 aliphatic rings. The predicted molar refractivity (Wildman–Crippen MR) is 138 cm³/mol. The van der Waals surface area contributed by atoms with Crippen molar-refractivity contribution in [3.63, 3.8) is 0 Å². The Kier molecular flexibility index (Phi) is 5.51. The Hall–Kier alpha value is -4.20. The molecule has 0 saturated heterocycles. The highest BCUT2D eigenvalue weighted by Gasteiger charge is 2.23. The lowest BCUT2D eigenvalue weighted by Gasteiger charge is -2.18. The number of carbonyl (C=O) groups excluding carboxylic acids is 2. The van der Waals surface area contributed by atoms with E-state index in [0.29, 0.717) is 12.5 Å². The lowest BCUT2D eigenvalue weighted by molar-refractivity contribution is -0.123. The molecule has 35 heavy (non-hydrogen) atoms. The second kappa shape index (κ2) is 8.54. The number of benzene rings is 2. The van der Waals surface area contributed by atoms with Gasteiger partial charge in [-0.3, -0.25) is 9.59 Å². The summed E-state index contributed by atoms with van der Waals surface area (Å²) < 4.78 is 1.83. The van der Waals surface area contributed by atoms with Gasteiger partial charge in [0, 0.05) is 41.5 Å². The minimum absolute atomic E-state index is 0.0384. The number of rotatable bonds is 4. The van der Waals surface area contributed by atoms with Crippen molar-refractivity contribution in [2.45, 2.75) is 34.1 Å². The van der Waals surface area contributed by atoms with Gasteiger partial charge in [0.15, 0.2) is 0 Å². The van der Waals surface area contributed by atoms with Crippen LogP contribution in [-0.4, -0.2) is 33.0 Å². The number of hydrogen-bond acceptors (Lipinski definition) is 5. The summed E-state index contributed by atoms with van der Waals surface area (Å²) in [6.45, 7) is 7.95. The van der Waals surface area contributed by atoms with Gasteiger partial charge in [-0.05, 0) is 48.4 Å². The van der Waals surface area contributed by atoms with Crippen LogP contribution in [0.1, 0.15) is 33.3 Å². The van der Waals surface area contributed by atoms with Crippen molar-refractivity contribution in [1.82, 2.24) is 14.6 Å². The quantitative estimate of drug-likeness (QED) is 0.438. The fourth-order valence-electron chi connectivity index (χ4n) is 4.17. The van der Waals surface area contributed by atoms with Gasteiger partial charge >= 0.3 is 0 Å². The summed E-state index contributed by atoms with van der Waals surface area (Å²) in [7, 11) is 0. The van der Waals surface area contributed by atoms with Crippen molar-refractivity contribution in [2.75, 3.05) is 22.1 Å². The monoisotopic (exact) mass is 468 g/mol. The van der Waals surface area contributed by atoms with Gasteiger partial charge in [-0.25, -0.2) is 9.50 Å². The molecule has 5 rings (SSSR count). The highest BCUT2D eigenvalue weighted by molar-refractivity contribution is 5.95. The molecule has 2 aromatic heterocycles. The van der Waals surface area contributed by atoms with Gasteiger partial charge in [0.2, 0.25) is 17.8 Å². The van der Waals surface area contributed by atoms with Gasteiger partial charge in [0.1, 0.15) is 0 Å². The van der Waals surface area contributed by atoms with Crippen LogP contribution in [0.2, 0.25) is 0 Å². The third-order valence-electron chi connectivity index (χ3n) is 6.11. The SMILES string of the molecule is CC(=O)N1CCc2ccc(Nc3ncc4ccc(-c5cccc(NC(=O)C(C)(C)C)c5)n4n3)cc21. The highest BCUT2D eigenvalue weighted by Crippen LogP contribution is 2.32. The van der Waals surface area contributed by atoms with Gasteiger partial charge in [0.25, 0.3) is 0 Å². The minimum atomic E-state index is -0.482. The van der Waals surface area contributed by atoms with Crippen LogP contribution < -0.4 is 15.5 Å². The third kappa shape index (κ3) is 4.47. The summed E-state index contributed by atoms with van der Waals surface area (Å²) in [6.07, 6.45) is 2.62. The Morgan fingerprint density at radius 3 is 2.60 bits per heavy atom. The summed E-state index contributed by atoms with van der Waals surface area (Å²) in [6, 6.07) is 17.7. The number of carbonyl (C=O) groups is 2. The van der Waals surface area contributed by atoms with E-state index in [0.717, 1.165) is 45.8 Å². The lowest BCUT2D eigenvalue weighted by atomic mass is 9.95. The average molecular weight is 469 g/mol. The summed E-state index contributed by atoms with van der Waals surface area (Å²) in [5.41, 5.74) is 5.82. The molecule has 4 aromatic rings. The minimum Gasteiger partial charge on any atom is -0.326 e. The smallest absolute Gasteiger partial charge is 0.245 e. The first-order valence-corrected chi connectivity index (χ1v) is 11.6. The van der Waals surface area contributed by atoms with Crippen molar-refractivity contribution >= 4 is 40.3 Å². The van der Waals surface area contributed by atoms with Crippen LogP contribution in [0.25, 0.3) is 16.8 Å². The van der Waals surface area contributed by atoms with E-state index in [1.807, 2.05) is 79.9 Å². The summed E-state index contributed by atoms with van der Waals surface area (Å²) in [5.74, 6) is 0.442. The molecule has 0 atom stereocenters. The molecule has 0 aliphatic carbocycles. The normalized spacial score (nSPS) is 13.1. The van der Waals surface area contributed by atoms with Crippen LogP contribution in [-0.2, 0) is 16.0 Å². The molecule has 3 heterocycles. The first-order chi connectivity index (χ1) is 16.7. The Labute approximate surface area is 204 Å². The molecule has 2 amide bonds. The van der Waals surface area contributed by atoms with Crippen LogP contribution in [0.15, 0.2) is 60.8 Å². The average Bonchev–Trinajstić information content (AvgIpc) is 3.42. The summed E-state index contributed by atoms with van der Waals surface area (Å²) in [4.78, 5) is 30.6. The number of fused-ring (bicyclic) bond motifs is 2. The van der Waals surface area contributed by atoms with Gasteiger partial charge in [-0.2, -0.15) is 0 Å². The zero-order valence-corrected chi connectivity index (χ0v) is 20.3. The number of nitrogens with one attached hydrogen (secondary N) is 2. The van der Waals surface area contributed by atoms with Gasteiger partial charge in [0.05, 0.1) is 17.4 Å². The Bertz CT molecular complexity index is 1450. The zero-order chi connectivity index (χ0) is 24.7. The fraction of sp³-hybridized carbons (Fsp3) is 0.259. The van der Waals surface area contributed by atoms with Crippen molar-refractivity contribution in [3.8, 4) is 11.3 Å². The molecule has 8 heteroatoms. The summed E-state index contributed by atoms with van der Waals surface area (Å²) >= 11 is 0. The Morgan fingerprint density at radius 1 is 1.00 bits per heavy atom. The van der Waals surface area contributed by atoms with E-state index in [-0.39, 0.29) is 11.8 Å². The van der Waals surface area contributed by atoms with E-state index in [2.05, 4.69) is 15.6 Å². The van der Waals surface area contributed by atoms with E-state index in [4.69, 9.17) is 5.10 Å². The van der Waals surface area contributed by atoms with Crippen molar-refractivity contribution in [3.05, 3.63) is 66.4 Å². The fourth-order valence-corrected chi connectivity index (χ4v) is 4.17. The maximum absolute atomic E-state index is 12.4. The first-order valence-electron chi connectivity index (χ1n) is 11.6. The summed E-state index contributed by atoms with van der Waals surface area (Å²) in [5, 5.41) is 11.0. The van der Waals surface area contributed by atoms with Crippen molar-refractivity contribution < 1.29 is 9.59 Å². The second-order valence-corrected chi connectivity index (χ2v) is 9.81. The molecule has 0 fully saturated rings. The standard InChI is InChI=1S/C27H28N6O2/c1-17(34)32-13-12-18-8-9-21(15-24(18)32)30-26-28-16-22-10-11-23(33(22)31-26)19-6-5-7-20(14-19)29-25(35)27(2,3)4/h5-11,14-16H,12-13H2,1-4H3,(H,29,35)(H,30,31). The molecule has 2 N–H and O–H groups in total. The number of anilines is 4. The molecule has 0 spiro atoms. The molecule has 0 radical (unpaired) electrons. The molecule has 0 saturated carbocycles. The number of amides is 2. The number of hydrogen-bond donors (Lipinski definition) is 2. The first kappa shape index (κ1) is 22.6. The lowest BCUT2D eigenvalue weighted by Crippen LogP contribution is -2.27. The van der Waals surface area contributed by atoms with E-state index in [1.54, 1.807) is 18.0 Å². The maximum Gasteiger partial charge on any atom is 0.245 e. The Morgan fingerprint density at radius 2 is 1.83 bits per heavy atom. The molecule has 178 valence electrons. The predicted octanol–water partition coefficient (Wildman–Crippen LogP) is 5.03. The maximum atomic E-state index is 12.4. The van der Waals surface area contributed by atoms with Gasteiger partial charge in [-0.15, -0.1) is 5.10 Å². The van der Waals surface area contributed by atoms with E-state index in [9.17, 15) is 9.59 Å². The second-order valence-electron chi connectivity index (χ2n) is 9.81. The van der Waals surface area contributed by atoms with Crippen LogP contribution in [0.5, 0.6) is 0 Å².